The lowest BCUT2D eigenvalue weighted by Gasteiger charge is -2.22. The summed E-state index contributed by atoms with van der Waals surface area (Å²) in [6, 6.07) is 11.1. The van der Waals surface area contributed by atoms with Gasteiger partial charge in [-0.1, -0.05) is 30.3 Å². The Balaban J connectivity index is 2.57. The predicted molar refractivity (Wildman–Crippen MR) is 61.5 cm³/mol. The van der Waals surface area contributed by atoms with Gasteiger partial charge in [0, 0.05) is 11.8 Å². The minimum absolute atomic E-state index is 0.533. The van der Waals surface area contributed by atoms with Crippen molar-refractivity contribution >= 4 is 12.6 Å². The average Bonchev–Trinajstić information content (AvgIpc) is 2.15. The first kappa shape index (κ1) is 10.6. The van der Waals surface area contributed by atoms with Crippen LogP contribution in [0.4, 0.5) is 0 Å². The minimum Gasteiger partial charge on any atom is -0.305 e. The van der Waals surface area contributed by atoms with Gasteiger partial charge in [0.1, 0.15) is 0 Å². The molecule has 1 atom stereocenters. The molecular weight excluding hydrogens is 178 g/mol. The third kappa shape index (κ3) is 3.41. The molecule has 0 fully saturated rings. The van der Waals surface area contributed by atoms with Crippen LogP contribution >= 0.6 is 12.6 Å². The zero-order valence-corrected chi connectivity index (χ0v) is 9.17. The molecule has 0 aromatic heterocycles. The number of benzene rings is 1. The summed E-state index contributed by atoms with van der Waals surface area (Å²) in [6.45, 7) is 0. The third-order valence-electron chi connectivity index (χ3n) is 2.26. The van der Waals surface area contributed by atoms with E-state index in [1.165, 1.54) is 5.56 Å². The highest BCUT2D eigenvalue weighted by molar-refractivity contribution is 7.80. The van der Waals surface area contributed by atoms with Crippen LogP contribution in [0.15, 0.2) is 30.3 Å². The van der Waals surface area contributed by atoms with Crippen LogP contribution in [0.1, 0.15) is 5.56 Å². The number of nitrogens with zero attached hydrogens (tertiary/aromatic N) is 1. The van der Waals surface area contributed by atoms with E-state index in [0.717, 1.165) is 12.2 Å². The van der Waals surface area contributed by atoms with Gasteiger partial charge in [-0.15, -0.1) is 0 Å². The second-order valence-corrected chi connectivity index (χ2v) is 3.85. The first-order valence-electron chi connectivity index (χ1n) is 4.55. The molecule has 72 valence electrons. The Hall–Kier alpha value is -0.470. The van der Waals surface area contributed by atoms with Crippen molar-refractivity contribution in [1.82, 2.24) is 4.90 Å². The van der Waals surface area contributed by atoms with Gasteiger partial charge in [0.15, 0.2) is 0 Å². The van der Waals surface area contributed by atoms with Crippen molar-refractivity contribution < 1.29 is 0 Å². The SMILES string of the molecule is CN(C)C(CS)Cc1ccccc1. The molecule has 0 N–H and O–H groups in total. The number of hydrogen-bond acceptors (Lipinski definition) is 2. The maximum Gasteiger partial charge on any atom is 0.0218 e. The molecular formula is C11H17NS. The number of thiol groups is 1. The topological polar surface area (TPSA) is 3.24 Å². The fourth-order valence-electron chi connectivity index (χ4n) is 1.30. The van der Waals surface area contributed by atoms with Gasteiger partial charge in [-0.05, 0) is 26.1 Å². The molecule has 2 heteroatoms. The molecule has 1 unspecified atom stereocenters. The summed E-state index contributed by atoms with van der Waals surface area (Å²) in [5, 5.41) is 0. The van der Waals surface area contributed by atoms with E-state index in [9.17, 15) is 0 Å². The number of rotatable bonds is 4. The zero-order chi connectivity index (χ0) is 9.68. The summed E-state index contributed by atoms with van der Waals surface area (Å²) >= 11 is 4.34. The molecule has 1 rings (SSSR count). The van der Waals surface area contributed by atoms with E-state index in [4.69, 9.17) is 0 Å². The van der Waals surface area contributed by atoms with Crippen LogP contribution in [-0.2, 0) is 6.42 Å². The highest BCUT2D eigenvalue weighted by atomic mass is 32.1. The Morgan fingerprint density at radius 1 is 1.23 bits per heavy atom. The van der Waals surface area contributed by atoms with Crippen LogP contribution in [-0.4, -0.2) is 30.8 Å². The van der Waals surface area contributed by atoms with Crippen LogP contribution in [0, 0.1) is 0 Å². The van der Waals surface area contributed by atoms with Gasteiger partial charge in [0.05, 0.1) is 0 Å². The monoisotopic (exact) mass is 195 g/mol. The van der Waals surface area contributed by atoms with Crippen molar-refractivity contribution in [2.75, 3.05) is 19.8 Å². The molecule has 1 aromatic carbocycles. The van der Waals surface area contributed by atoms with E-state index < -0.39 is 0 Å². The summed E-state index contributed by atoms with van der Waals surface area (Å²) in [5.74, 6) is 0.905. The molecule has 1 nitrogen and oxygen atoms in total. The standard InChI is InChI=1S/C11H17NS/c1-12(2)11(9-13)8-10-6-4-3-5-7-10/h3-7,11,13H,8-9H2,1-2H3. The average molecular weight is 195 g/mol. The molecule has 0 bridgehead atoms. The molecule has 1 aromatic rings. The normalized spacial score (nSPS) is 13.2. The first-order chi connectivity index (χ1) is 6.24. The Kier molecular flexibility index (Phi) is 4.33. The van der Waals surface area contributed by atoms with Crippen LogP contribution in [0.3, 0.4) is 0 Å². The van der Waals surface area contributed by atoms with E-state index in [1.807, 2.05) is 0 Å². The van der Waals surface area contributed by atoms with Gasteiger partial charge >= 0.3 is 0 Å². The van der Waals surface area contributed by atoms with Gasteiger partial charge in [-0.25, -0.2) is 0 Å². The summed E-state index contributed by atoms with van der Waals surface area (Å²) < 4.78 is 0. The maximum atomic E-state index is 4.34. The van der Waals surface area contributed by atoms with E-state index in [1.54, 1.807) is 0 Å². The van der Waals surface area contributed by atoms with Crippen LogP contribution < -0.4 is 0 Å². The largest absolute Gasteiger partial charge is 0.305 e. The lowest BCUT2D eigenvalue weighted by Crippen LogP contribution is -2.31. The molecule has 0 saturated heterocycles. The summed E-state index contributed by atoms with van der Waals surface area (Å²) in [6.07, 6.45) is 1.08. The molecule has 0 radical (unpaired) electrons. The number of likely N-dealkylation sites (N-methyl/N-ethyl adjacent to an activating group) is 1. The Morgan fingerprint density at radius 3 is 2.31 bits per heavy atom. The van der Waals surface area contributed by atoms with Crippen molar-refractivity contribution in [1.29, 1.82) is 0 Å². The number of hydrogen-bond donors (Lipinski definition) is 1. The smallest absolute Gasteiger partial charge is 0.0218 e. The second kappa shape index (κ2) is 5.30. The Morgan fingerprint density at radius 2 is 1.85 bits per heavy atom. The van der Waals surface area contributed by atoms with Gasteiger partial charge < -0.3 is 4.90 Å². The fraction of sp³-hybridized carbons (Fsp3) is 0.455. The molecule has 0 spiro atoms. The summed E-state index contributed by atoms with van der Waals surface area (Å²) in [5.41, 5.74) is 1.38. The maximum absolute atomic E-state index is 4.34. The van der Waals surface area contributed by atoms with Crippen molar-refractivity contribution in [2.24, 2.45) is 0 Å². The van der Waals surface area contributed by atoms with Gasteiger partial charge in [0.25, 0.3) is 0 Å². The second-order valence-electron chi connectivity index (χ2n) is 3.49. The summed E-state index contributed by atoms with van der Waals surface area (Å²) in [7, 11) is 4.20. The van der Waals surface area contributed by atoms with Crippen molar-refractivity contribution in [3.8, 4) is 0 Å². The van der Waals surface area contributed by atoms with E-state index in [2.05, 4.69) is 62.0 Å². The van der Waals surface area contributed by atoms with Crippen molar-refractivity contribution in [2.45, 2.75) is 12.5 Å². The van der Waals surface area contributed by atoms with Crippen LogP contribution in [0.5, 0.6) is 0 Å². The van der Waals surface area contributed by atoms with Crippen molar-refractivity contribution in [3.63, 3.8) is 0 Å². The highest BCUT2D eigenvalue weighted by Crippen LogP contribution is 2.07. The van der Waals surface area contributed by atoms with Gasteiger partial charge in [0.2, 0.25) is 0 Å². The predicted octanol–water partition coefficient (Wildman–Crippen LogP) is 2.09. The van der Waals surface area contributed by atoms with Crippen LogP contribution in [0.2, 0.25) is 0 Å². The fourth-order valence-corrected chi connectivity index (χ4v) is 1.75. The summed E-state index contributed by atoms with van der Waals surface area (Å²) in [4.78, 5) is 2.22. The lowest BCUT2D eigenvalue weighted by atomic mass is 10.1. The highest BCUT2D eigenvalue weighted by Gasteiger charge is 2.09. The molecule has 0 amide bonds. The third-order valence-corrected chi connectivity index (χ3v) is 2.68. The van der Waals surface area contributed by atoms with Crippen LogP contribution in [0.25, 0.3) is 0 Å². The van der Waals surface area contributed by atoms with E-state index in [0.29, 0.717) is 6.04 Å². The van der Waals surface area contributed by atoms with E-state index >= 15 is 0 Å². The molecule has 0 aliphatic heterocycles. The molecule has 0 heterocycles. The minimum atomic E-state index is 0.533. The zero-order valence-electron chi connectivity index (χ0n) is 8.27. The Labute approximate surface area is 86.2 Å². The molecule has 0 saturated carbocycles. The van der Waals surface area contributed by atoms with E-state index in [-0.39, 0.29) is 0 Å². The lowest BCUT2D eigenvalue weighted by molar-refractivity contribution is 0.317. The van der Waals surface area contributed by atoms with Crippen molar-refractivity contribution in [3.05, 3.63) is 35.9 Å². The molecule has 13 heavy (non-hydrogen) atoms. The van der Waals surface area contributed by atoms with Gasteiger partial charge in [-0.3, -0.25) is 0 Å². The molecule has 0 aliphatic carbocycles. The quantitative estimate of drug-likeness (QED) is 0.720. The Bertz CT molecular complexity index is 233. The first-order valence-corrected chi connectivity index (χ1v) is 5.18. The molecule has 0 aliphatic rings. The van der Waals surface area contributed by atoms with Gasteiger partial charge in [-0.2, -0.15) is 12.6 Å².